The topological polar surface area (TPSA) is 101 Å². The van der Waals surface area contributed by atoms with Gasteiger partial charge in [0.25, 0.3) is 10.1 Å². The molecule has 0 aromatic heterocycles. The van der Waals surface area contributed by atoms with Gasteiger partial charge in [0.1, 0.15) is 10.6 Å². The molecule has 0 saturated carbocycles. The summed E-state index contributed by atoms with van der Waals surface area (Å²) in [4.78, 5) is -0.523. The molecule has 5 nitrogen and oxygen atoms in total. The molecular formula is C10H9NO4S. The number of hydrogen-bond acceptors (Lipinski definition) is 4. The largest absolute Gasteiger partial charge is 0.506 e. The normalized spacial score (nSPS) is 11.8. The van der Waals surface area contributed by atoms with Crippen molar-refractivity contribution in [3.63, 3.8) is 0 Å². The van der Waals surface area contributed by atoms with Crippen molar-refractivity contribution in [2.24, 2.45) is 0 Å². The Bertz CT molecular complexity index is 664. The fourth-order valence-electron chi connectivity index (χ4n) is 1.52. The second-order valence-electron chi connectivity index (χ2n) is 3.36. The van der Waals surface area contributed by atoms with Crippen LogP contribution in [0.2, 0.25) is 0 Å². The molecule has 2 rings (SSSR count). The van der Waals surface area contributed by atoms with Crippen LogP contribution in [0.4, 0.5) is 5.69 Å². The lowest BCUT2D eigenvalue weighted by atomic mass is 10.1. The summed E-state index contributed by atoms with van der Waals surface area (Å²) in [6.07, 6.45) is 0. The van der Waals surface area contributed by atoms with E-state index in [9.17, 15) is 13.5 Å². The first-order valence-corrected chi connectivity index (χ1v) is 5.82. The first kappa shape index (κ1) is 10.7. The molecule has 0 aliphatic carbocycles. The lowest BCUT2D eigenvalue weighted by molar-refractivity contribution is 0.444. The maximum atomic E-state index is 10.9. The molecule has 16 heavy (non-hydrogen) atoms. The Labute approximate surface area is 91.9 Å². The Hall–Kier alpha value is -1.79. The number of phenols is 1. The zero-order valence-electron chi connectivity index (χ0n) is 8.08. The maximum Gasteiger partial charge on any atom is 0.298 e. The van der Waals surface area contributed by atoms with Crippen LogP contribution in [-0.4, -0.2) is 18.1 Å². The maximum absolute atomic E-state index is 10.9. The molecule has 0 saturated heterocycles. The van der Waals surface area contributed by atoms with Crippen LogP contribution in [0.15, 0.2) is 35.2 Å². The summed E-state index contributed by atoms with van der Waals surface area (Å²) in [6, 6.07) is 7.32. The van der Waals surface area contributed by atoms with Gasteiger partial charge in [-0.1, -0.05) is 12.1 Å². The van der Waals surface area contributed by atoms with E-state index in [1.54, 1.807) is 18.2 Å². The summed E-state index contributed by atoms with van der Waals surface area (Å²) in [7, 11) is -4.43. The molecular weight excluding hydrogens is 230 g/mol. The van der Waals surface area contributed by atoms with Crippen molar-refractivity contribution in [3.05, 3.63) is 30.3 Å². The molecule has 0 fully saturated rings. The van der Waals surface area contributed by atoms with Crippen molar-refractivity contribution < 1.29 is 18.1 Å². The molecule has 0 bridgehead atoms. The van der Waals surface area contributed by atoms with Crippen molar-refractivity contribution in [2.75, 3.05) is 5.73 Å². The monoisotopic (exact) mass is 239 g/mol. The Balaban J connectivity index is 2.88. The van der Waals surface area contributed by atoms with Gasteiger partial charge in [-0.05, 0) is 23.6 Å². The van der Waals surface area contributed by atoms with Gasteiger partial charge in [-0.25, -0.2) is 0 Å². The van der Waals surface area contributed by atoms with E-state index in [-0.39, 0.29) is 0 Å². The Morgan fingerprint density at radius 1 is 1.19 bits per heavy atom. The van der Waals surface area contributed by atoms with E-state index in [1.165, 1.54) is 12.1 Å². The fourth-order valence-corrected chi connectivity index (χ4v) is 2.12. The third-order valence-corrected chi connectivity index (χ3v) is 3.15. The number of rotatable bonds is 1. The van der Waals surface area contributed by atoms with Crippen LogP contribution in [0.1, 0.15) is 0 Å². The number of nitrogens with two attached hydrogens (primary N) is 1. The van der Waals surface area contributed by atoms with E-state index in [0.717, 1.165) is 0 Å². The highest BCUT2D eigenvalue weighted by molar-refractivity contribution is 7.86. The minimum absolute atomic E-state index is 0.426. The summed E-state index contributed by atoms with van der Waals surface area (Å²) in [5.74, 6) is -0.520. The number of anilines is 1. The molecule has 0 heterocycles. The van der Waals surface area contributed by atoms with Crippen LogP contribution in [0.25, 0.3) is 10.8 Å². The average molecular weight is 239 g/mol. The predicted molar refractivity (Wildman–Crippen MR) is 59.8 cm³/mol. The van der Waals surface area contributed by atoms with Gasteiger partial charge < -0.3 is 10.8 Å². The van der Waals surface area contributed by atoms with Crippen molar-refractivity contribution in [1.29, 1.82) is 0 Å². The van der Waals surface area contributed by atoms with E-state index in [1.807, 2.05) is 0 Å². The van der Waals surface area contributed by atoms with E-state index in [2.05, 4.69) is 0 Å². The number of fused-ring (bicyclic) bond motifs is 1. The van der Waals surface area contributed by atoms with E-state index in [0.29, 0.717) is 16.5 Å². The minimum atomic E-state index is -4.43. The van der Waals surface area contributed by atoms with Gasteiger partial charge in [0.2, 0.25) is 0 Å². The van der Waals surface area contributed by atoms with Crippen LogP contribution < -0.4 is 5.73 Å². The number of hydrogen-bond donors (Lipinski definition) is 3. The summed E-state index contributed by atoms with van der Waals surface area (Å²) in [5.41, 5.74) is 6.09. The van der Waals surface area contributed by atoms with Gasteiger partial charge in [-0.15, -0.1) is 0 Å². The van der Waals surface area contributed by atoms with E-state index in [4.69, 9.17) is 10.3 Å². The average Bonchev–Trinajstić information content (AvgIpc) is 2.17. The highest BCUT2D eigenvalue weighted by Gasteiger charge is 2.16. The molecule has 0 radical (unpaired) electrons. The summed E-state index contributed by atoms with van der Waals surface area (Å²) in [6.45, 7) is 0. The molecule has 0 unspecified atom stereocenters. The highest BCUT2D eigenvalue weighted by atomic mass is 32.2. The van der Waals surface area contributed by atoms with Crippen LogP contribution in [0.3, 0.4) is 0 Å². The van der Waals surface area contributed by atoms with Gasteiger partial charge in [0.15, 0.2) is 0 Å². The minimum Gasteiger partial charge on any atom is -0.506 e. The molecule has 0 spiro atoms. The van der Waals surface area contributed by atoms with Gasteiger partial charge in [-0.3, -0.25) is 4.55 Å². The molecule has 6 heteroatoms. The zero-order valence-corrected chi connectivity index (χ0v) is 8.90. The second kappa shape index (κ2) is 3.36. The van der Waals surface area contributed by atoms with Gasteiger partial charge in [-0.2, -0.15) is 8.42 Å². The number of nitrogen functional groups attached to an aromatic ring is 1. The Kier molecular flexibility index (Phi) is 2.25. The van der Waals surface area contributed by atoms with Crippen LogP contribution in [-0.2, 0) is 10.1 Å². The van der Waals surface area contributed by atoms with Gasteiger partial charge in [0, 0.05) is 11.1 Å². The van der Waals surface area contributed by atoms with Gasteiger partial charge in [0.05, 0.1) is 0 Å². The first-order valence-electron chi connectivity index (χ1n) is 4.38. The molecule has 2 aromatic carbocycles. The summed E-state index contributed by atoms with van der Waals surface area (Å²) in [5, 5.41) is 10.5. The third-order valence-electron chi connectivity index (χ3n) is 2.27. The molecule has 0 amide bonds. The smallest absolute Gasteiger partial charge is 0.298 e. The van der Waals surface area contributed by atoms with Crippen molar-refractivity contribution >= 4 is 26.6 Å². The van der Waals surface area contributed by atoms with Crippen LogP contribution in [0, 0.1) is 0 Å². The molecule has 0 aliphatic rings. The summed E-state index contributed by atoms with van der Waals surface area (Å²) >= 11 is 0. The molecule has 84 valence electrons. The molecule has 4 N–H and O–H groups in total. The standard InChI is InChI=1S/C10H9NO4S/c11-8-3-1-2-6-4-10(16(13,14)15)9(12)5-7(6)8/h1-5,12H,11H2,(H,13,14,15). The number of benzene rings is 2. The number of aromatic hydroxyl groups is 1. The van der Waals surface area contributed by atoms with Crippen LogP contribution in [0.5, 0.6) is 5.75 Å². The number of phenolic OH excluding ortho intramolecular Hbond substituents is 1. The van der Waals surface area contributed by atoms with E-state index >= 15 is 0 Å². The summed E-state index contributed by atoms with van der Waals surface area (Å²) < 4.78 is 30.8. The molecule has 0 aliphatic heterocycles. The Morgan fingerprint density at radius 2 is 1.88 bits per heavy atom. The lowest BCUT2D eigenvalue weighted by Gasteiger charge is -2.06. The SMILES string of the molecule is Nc1cccc2cc(S(=O)(=O)O)c(O)cc12. The van der Waals surface area contributed by atoms with Gasteiger partial charge >= 0.3 is 0 Å². The first-order chi connectivity index (χ1) is 7.39. The van der Waals surface area contributed by atoms with Crippen LogP contribution >= 0.6 is 0 Å². The highest BCUT2D eigenvalue weighted by Crippen LogP contribution is 2.31. The third kappa shape index (κ3) is 1.68. The molecule has 2 aromatic rings. The quantitative estimate of drug-likeness (QED) is 0.515. The molecule has 0 atom stereocenters. The Morgan fingerprint density at radius 3 is 2.50 bits per heavy atom. The van der Waals surface area contributed by atoms with E-state index < -0.39 is 20.8 Å². The predicted octanol–water partition coefficient (Wildman–Crippen LogP) is 1.37. The zero-order chi connectivity index (χ0) is 11.9. The lowest BCUT2D eigenvalue weighted by Crippen LogP contribution is -1.99. The second-order valence-corrected chi connectivity index (χ2v) is 4.75. The fraction of sp³-hybridized carbons (Fsp3) is 0. The van der Waals surface area contributed by atoms with Crippen molar-refractivity contribution in [2.45, 2.75) is 4.90 Å². The van der Waals surface area contributed by atoms with Crippen molar-refractivity contribution in [3.8, 4) is 5.75 Å². The van der Waals surface area contributed by atoms with Crippen molar-refractivity contribution in [1.82, 2.24) is 0 Å².